The lowest BCUT2D eigenvalue weighted by Crippen LogP contribution is -1.99. The lowest BCUT2D eigenvalue weighted by atomic mass is 10.0. The summed E-state index contributed by atoms with van der Waals surface area (Å²) in [5.74, 6) is 0.769. The fourth-order valence-corrected chi connectivity index (χ4v) is 4.29. The van der Waals surface area contributed by atoms with Gasteiger partial charge in [-0.25, -0.2) is 4.68 Å². The SMILES string of the molecule is C=C(/C=C(/C)n1ncc(SF)c1C)c1ccccc1C.C=Cc1cccc(C)c1.CC.CC.CC1C=CC=CC1.CCCCC. The second-order valence-corrected chi connectivity index (χ2v) is 10.8. The van der Waals surface area contributed by atoms with Crippen LogP contribution in [0, 0.1) is 26.7 Å². The number of hydrogen-bond donors (Lipinski definition) is 0. The first-order chi connectivity index (χ1) is 21.7. The summed E-state index contributed by atoms with van der Waals surface area (Å²) in [6.45, 7) is 30.4. The molecule has 1 aliphatic carbocycles. The third-order valence-electron chi connectivity index (χ3n) is 6.44. The number of allylic oxidation sites excluding steroid dienone is 7. The number of benzene rings is 2. The molecule has 0 saturated heterocycles. The normalized spacial score (nSPS) is 12.6. The fourth-order valence-electron chi connectivity index (χ4n) is 4.00. The maximum absolute atomic E-state index is 12.7. The Morgan fingerprint density at radius 3 is 2.04 bits per heavy atom. The number of aryl methyl sites for hydroxylation is 2. The monoisotopic (exact) mass is 632 g/mol. The standard InChI is InChI=1S/C16H17FN2S.C9H10.C7H10.C5H12.2C2H6/c1-11-7-5-6-8-15(11)12(2)9-13(3)19-14(4)16(20-17)10-18-19;1-3-9-6-4-5-8(2)7-9;1-7-5-3-2-4-6-7;1-3-5-4-2;2*1-2/h5-10H,2H2,1,3-4H3;3-7H,1H2,2H3;2-5,7H,6H2,1H3;3-5H2,1-2H3;2*1-2H3/b13-9-;;;;;. The van der Waals surface area contributed by atoms with Crippen molar-refractivity contribution in [3.63, 3.8) is 0 Å². The van der Waals surface area contributed by atoms with E-state index in [0.717, 1.165) is 28.4 Å². The van der Waals surface area contributed by atoms with Gasteiger partial charge in [0.05, 0.1) is 28.9 Å². The number of halogens is 1. The highest BCUT2D eigenvalue weighted by molar-refractivity contribution is 7.94. The highest BCUT2D eigenvalue weighted by atomic mass is 32.2. The number of aromatic nitrogens is 2. The summed E-state index contributed by atoms with van der Waals surface area (Å²) in [5, 5.41) is 4.20. The van der Waals surface area contributed by atoms with Gasteiger partial charge in [0.15, 0.2) is 0 Å². The van der Waals surface area contributed by atoms with E-state index in [9.17, 15) is 3.89 Å². The van der Waals surface area contributed by atoms with Gasteiger partial charge in [-0.3, -0.25) is 0 Å². The molecule has 1 unspecified atom stereocenters. The van der Waals surface area contributed by atoms with E-state index in [-0.39, 0.29) is 12.1 Å². The van der Waals surface area contributed by atoms with Crippen LogP contribution in [0.5, 0.6) is 0 Å². The van der Waals surface area contributed by atoms with Gasteiger partial charge >= 0.3 is 0 Å². The predicted octanol–water partition coefficient (Wildman–Crippen LogP) is 14.1. The number of hydrogen-bond acceptors (Lipinski definition) is 2. The molecule has 3 aromatic rings. The average molecular weight is 633 g/mol. The van der Waals surface area contributed by atoms with Gasteiger partial charge in [0, 0.05) is 5.70 Å². The van der Waals surface area contributed by atoms with E-state index >= 15 is 0 Å². The first-order valence-corrected chi connectivity index (χ1v) is 17.2. The molecule has 0 bridgehead atoms. The van der Waals surface area contributed by atoms with E-state index in [1.165, 1.54) is 48.6 Å². The summed E-state index contributed by atoms with van der Waals surface area (Å²) in [5.41, 5.74) is 7.39. The Morgan fingerprint density at radius 1 is 1.00 bits per heavy atom. The van der Waals surface area contributed by atoms with Crippen molar-refractivity contribution in [2.75, 3.05) is 0 Å². The van der Waals surface area contributed by atoms with E-state index in [4.69, 9.17) is 0 Å². The van der Waals surface area contributed by atoms with Gasteiger partial charge in [-0.1, -0.05) is 165 Å². The van der Waals surface area contributed by atoms with Gasteiger partial charge < -0.3 is 0 Å². The van der Waals surface area contributed by atoms with Gasteiger partial charge in [0.2, 0.25) is 0 Å². The highest BCUT2D eigenvalue weighted by Crippen LogP contribution is 2.26. The van der Waals surface area contributed by atoms with E-state index in [0.29, 0.717) is 4.90 Å². The molecule has 1 heterocycles. The van der Waals surface area contributed by atoms with Crippen LogP contribution < -0.4 is 0 Å². The van der Waals surface area contributed by atoms with Crippen molar-refractivity contribution in [2.24, 2.45) is 5.92 Å². The van der Waals surface area contributed by atoms with Crippen LogP contribution in [0.25, 0.3) is 17.3 Å². The lowest BCUT2D eigenvalue weighted by molar-refractivity contribution is 0.737. The van der Waals surface area contributed by atoms with Crippen LogP contribution in [0.2, 0.25) is 0 Å². The topological polar surface area (TPSA) is 17.8 Å². The molecule has 1 atom stereocenters. The second kappa shape index (κ2) is 28.1. The van der Waals surface area contributed by atoms with Gasteiger partial charge in [0.1, 0.15) is 0 Å². The molecular weight excluding hydrogens is 572 g/mol. The molecule has 1 aromatic heterocycles. The lowest BCUT2D eigenvalue weighted by Gasteiger charge is -2.08. The molecule has 248 valence electrons. The van der Waals surface area contributed by atoms with E-state index < -0.39 is 0 Å². The van der Waals surface area contributed by atoms with Crippen LogP contribution in [0.3, 0.4) is 0 Å². The number of nitrogens with zero attached hydrogens (tertiary/aromatic N) is 2. The van der Waals surface area contributed by atoms with Crippen molar-refractivity contribution in [3.8, 4) is 0 Å². The van der Waals surface area contributed by atoms with E-state index in [1.54, 1.807) is 4.68 Å². The molecule has 4 rings (SSSR count). The number of rotatable bonds is 7. The Kier molecular flexibility index (Phi) is 27.4. The molecule has 45 heavy (non-hydrogen) atoms. The van der Waals surface area contributed by atoms with Crippen molar-refractivity contribution < 1.29 is 3.89 Å². The second-order valence-electron chi connectivity index (χ2n) is 10.2. The zero-order valence-corrected chi connectivity index (χ0v) is 31.0. The smallest absolute Gasteiger partial charge is 0.0848 e. The Hall–Kier alpha value is -3.37. The molecule has 0 radical (unpaired) electrons. The summed E-state index contributed by atoms with van der Waals surface area (Å²) in [7, 11) is 0. The number of unbranched alkanes of at least 4 members (excludes halogenated alkanes) is 2. The van der Waals surface area contributed by atoms with Gasteiger partial charge in [0.25, 0.3) is 0 Å². The summed E-state index contributed by atoms with van der Waals surface area (Å²) in [4.78, 5) is 0.541. The summed E-state index contributed by atoms with van der Waals surface area (Å²) in [6, 6.07) is 16.4. The maximum atomic E-state index is 12.7. The molecule has 0 N–H and O–H groups in total. The molecule has 0 saturated carbocycles. The summed E-state index contributed by atoms with van der Waals surface area (Å²) >= 11 is 0.218. The van der Waals surface area contributed by atoms with Gasteiger partial charge in [-0.15, -0.1) is 0 Å². The van der Waals surface area contributed by atoms with Crippen molar-refractivity contribution in [1.82, 2.24) is 9.78 Å². The van der Waals surface area contributed by atoms with Crippen molar-refractivity contribution in [3.05, 3.63) is 126 Å². The van der Waals surface area contributed by atoms with Crippen LogP contribution in [-0.4, -0.2) is 9.78 Å². The fraction of sp³-hybridized carbons (Fsp3) is 0.390. The van der Waals surface area contributed by atoms with Gasteiger partial charge in [-0.2, -0.15) is 8.98 Å². The molecule has 2 aromatic carbocycles. The van der Waals surface area contributed by atoms with Crippen molar-refractivity contribution in [1.29, 1.82) is 0 Å². The molecule has 4 heteroatoms. The maximum Gasteiger partial charge on any atom is 0.0848 e. The molecule has 0 fully saturated rings. The minimum atomic E-state index is 0.218. The first kappa shape index (κ1) is 43.8. The Balaban J connectivity index is 0. The molecular formula is C41H61FN2S. The average Bonchev–Trinajstić information content (AvgIpc) is 3.45. The molecule has 0 spiro atoms. The predicted molar refractivity (Wildman–Crippen MR) is 205 cm³/mol. The first-order valence-electron chi connectivity index (χ1n) is 16.5. The third kappa shape index (κ3) is 18.9. The molecule has 0 aliphatic heterocycles. The van der Waals surface area contributed by atoms with Crippen LogP contribution in [-0.2, 0) is 0 Å². The summed E-state index contributed by atoms with van der Waals surface area (Å²) in [6.07, 6.45) is 19.3. The zero-order chi connectivity index (χ0) is 34.6. The van der Waals surface area contributed by atoms with Gasteiger partial charge in [-0.05, 0) is 68.4 Å². The van der Waals surface area contributed by atoms with Crippen molar-refractivity contribution >= 4 is 29.5 Å². The Morgan fingerprint density at radius 2 is 1.64 bits per heavy atom. The summed E-state index contributed by atoms with van der Waals surface area (Å²) < 4.78 is 14.4. The zero-order valence-electron chi connectivity index (χ0n) is 30.2. The van der Waals surface area contributed by atoms with Crippen LogP contribution >= 0.6 is 12.1 Å². The quantitative estimate of drug-likeness (QED) is 0.241. The highest BCUT2D eigenvalue weighted by Gasteiger charge is 2.09. The van der Waals surface area contributed by atoms with Crippen LogP contribution in [0.1, 0.15) is 109 Å². The van der Waals surface area contributed by atoms with E-state index in [2.05, 4.69) is 95.4 Å². The van der Waals surface area contributed by atoms with E-state index in [1.807, 2.05) is 84.0 Å². The minimum Gasteiger partial charge on any atom is -0.241 e. The third-order valence-corrected chi connectivity index (χ3v) is 7.00. The van der Waals surface area contributed by atoms with Crippen molar-refractivity contribution in [2.45, 2.75) is 107 Å². The molecule has 2 nitrogen and oxygen atoms in total. The molecule has 0 amide bonds. The molecule has 1 aliphatic rings. The van der Waals surface area contributed by atoms with Crippen LogP contribution in [0.15, 0.2) is 103 Å². The Bertz CT molecular complexity index is 1290. The van der Waals surface area contributed by atoms with Crippen LogP contribution in [0.4, 0.5) is 3.89 Å². The Labute approximate surface area is 281 Å². The minimum absolute atomic E-state index is 0.218. The largest absolute Gasteiger partial charge is 0.241 e.